The lowest BCUT2D eigenvalue weighted by atomic mass is 10.1. The molecule has 0 fully saturated rings. The highest BCUT2D eigenvalue weighted by Gasteiger charge is 2.16. The molecule has 0 radical (unpaired) electrons. The average Bonchev–Trinajstić information content (AvgIpc) is 2.51. The smallest absolute Gasteiger partial charge is 0.294 e. The van der Waals surface area contributed by atoms with Crippen LogP contribution in [0.15, 0.2) is 65.3 Å². The molecule has 0 spiro atoms. The predicted molar refractivity (Wildman–Crippen MR) is 92.9 cm³/mol. The minimum absolute atomic E-state index is 0.0786. The second-order valence-electron chi connectivity index (χ2n) is 4.94. The van der Waals surface area contributed by atoms with E-state index in [-0.39, 0.29) is 17.7 Å². The van der Waals surface area contributed by atoms with Crippen LogP contribution in [0.4, 0.5) is 0 Å². The molecule has 0 aromatic heterocycles. The topological polar surface area (TPSA) is 115 Å². The summed E-state index contributed by atoms with van der Waals surface area (Å²) in [6.45, 7) is 5.10. The van der Waals surface area contributed by atoms with E-state index in [1.165, 1.54) is 31.2 Å². The first-order valence-electron chi connectivity index (χ1n) is 7.07. The first-order valence-corrected chi connectivity index (χ1v) is 8.51. The summed E-state index contributed by atoms with van der Waals surface area (Å²) in [4.78, 5) is -0.513. The second-order valence-corrected chi connectivity index (χ2v) is 6.38. The Labute approximate surface area is 141 Å². The molecule has 1 atom stereocenters. The molecule has 24 heavy (non-hydrogen) atoms. The molecule has 7 heteroatoms. The molecule has 6 nitrogen and oxygen atoms in total. The SMILES string of the molecule is C=C(/C=C\C(O)=C(/CC)S(=O)(=O)O)C(O)/C=C/c1ccc(O)cc1. The van der Waals surface area contributed by atoms with Crippen LogP contribution >= 0.6 is 0 Å². The van der Waals surface area contributed by atoms with Gasteiger partial charge in [0, 0.05) is 0 Å². The number of phenolic OH excluding ortho intramolecular Hbond substituents is 1. The van der Waals surface area contributed by atoms with Crippen LogP contribution in [0.2, 0.25) is 0 Å². The minimum atomic E-state index is -4.48. The van der Waals surface area contributed by atoms with Gasteiger partial charge in [-0.2, -0.15) is 8.42 Å². The van der Waals surface area contributed by atoms with Crippen LogP contribution in [-0.2, 0) is 10.1 Å². The third-order valence-electron chi connectivity index (χ3n) is 3.12. The predicted octanol–water partition coefficient (Wildman–Crippen LogP) is 2.95. The van der Waals surface area contributed by atoms with Crippen molar-refractivity contribution in [3.05, 3.63) is 70.9 Å². The maximum Gasteiger partial charge on any atom is 0.294 e. The zero-order valence-corrected chi connectivity index (χ0v) is 13.9. The van der Waals surface area contributed by atoms with Crippen molar-refractivity contribution in [2.24, 2.45) is 0 Å². The monoisotopic (exact) mass is 352 g/mol. The van der Waals surface area contributed by atoms with Crippen molar-refractivity contribution in [2.45, 2.75) is 19.4 Å². The fourth-order valence-electron chi connectivity index (χ4n) is 1.78. The van der Waals surface area contributed by atoms with Crippen LogP contribution in [0.5, 0.6) is 5.75 Å². The molecule has 0 aliphatic rings. The van der Waals surface area contributed by atoms with Gasteiger partial charge in [-0.25, -0.2) is 0 Å². The summed E-state index contributed by atoms with van der Waals surface area (Å²) >= 11 is 0. The summed E-state index contributed by atoms with van der Waals surface area (Å²) in [5, 5.41) is 28.8. The van der Waals surface area contributed by atoms with Crippen LogP contribution in [0, 0.1) is 0 Å². The third kappa shape index (κ3) is 6.04. The van der Waals surface area contributed by atoms with Gasteiger partial charge in [0.25, 0.3) is 10.1 Å². The molecule has 4 N–H and O–H groups in total. The molecule has 1 rings (SSSR count). The van der Waals surface area contributed by atoms with E-state index in [0.717, 1.165) is 11.6 Å². The standard InChI is InChI=1S/C17H20O6S/c1-3-17(24(21,22)23)16(20)10-4-12(2)15(19)11-7-13-5-8-14(18)9-6-13/h4-11,15,18-20H,2-3H2,1H3,(H,21,22,23)/b10-4-,11-7+,17-16-. The van der Waals surface area contributed by atoms with Crippen molar-refractivity contribution in [3.63, 3.8) is 0 Å². The first-order chi connectivity index (χ1) is 11.1. The Bertz CT molecular complexity index is 770. The Morgan fingerprint density at radius 1 is 1.25 bits per heavy atom. The van der Waals surface area contributed by atoms with E-state index in [2.05, 4.69) is 6.58 Å². The van der Waals surface area contributed by atoms with E-state index in [9.17, 15) is 23.7 Å². The van der Waals surface area contributed by atoms with Crippen molar-refractivity contribution in [2.75, 3.05) is 0 Å². The maximum atomic E-state index is 11.1. The van der Waals surface area contributed by atoms with Crippen LogP contribution in [0.1, 0.15) is 18.9 Å². The molecule has 0 bridgehead atoms. The molecular weight excluding hydrogens is 332 g/mol. The number of hydrogen-bond donors (Lipinski definition) is 4. The van der Waals surface area contributed by atoms with Gasteiger partial charge in [-0.3, -0.25) is 4.55 Å². The van der Waals surface area contributed by atoms with Crippen LogP contribution in [0.25, 0.3) is 6.08 Å². The Balaban J connectivity index is 2.83. The van der Waals surface area contributed by atoms with Crippen LogP contribution in [0.3, 0.4) is 0 Å². The van der Waals surface area contributed by atoms with Gasteiger partial charge in [0.1, 0.15) is 16.4 Å². The summed E-state index contributed by atoms with van der Waals surface area (Å²) in [5.74, 6) is -0.483. The van der Waals surface area contributed by atoms with E-state index in [0.29, 0.717) is 0 Å². The number of aliphatic hydroxyl groups excluding tert-OH is 2. The van der Waals surface area contributed by atoms with E-state index >= 15 is 0 Å². The average molecular weight is 352 g/mol. The van der Waals surface area contributed by atoms with Crippen molar-refractivity contribution in [1.29, 1.82) is 0 Å². The van der Waals surface area contributed by atoms with E-state index in [1.807, 2.05) is 0 Å². The number of benzene rings is 1. The van der Waals surface area contributed by atoms with E-state index < -0.39 is 26.9 Å². The first kappa shape index (κ1) is 19.7. The number of hydrogen-bond acceptors (Lipinski definition) is 5. The van der Waals surface area contributed by atoms with Gasteiger partial charge in [0.05, 0.1) is 6.10 Å². The minimum Gasteiger partial charge on any atom is -0.508 e. The van der Waals surface area contributed by atoms with Crippen LogP contribution in [-0.4, -0.2) is 34.4 Å². The normalized spacial score (nSPS) is 14.8. The van der Waals surface area contributed by atoms with Crippen molar-refractivity contribution in [1.82, 2.24) is 0 Å². The Kier molecular flexibility index (Phi) is 6.97. The quantitative estimate of drug-likeness (QED) is 0.341. The van der Waals surface area contributed by atoms with E-state index in [1.54, 1.807) is 18.2 Å². The highest BCUT2D eigenvalue weighted by Crippen LogP contribution is 2.16. The molecule has 0 heterocycles. The van der Waals surface area contributed by atoms with Gasteiger partial charge in [-0.15, -0.1) is 0 Å². The summed E-state index contributed by atoms with van der Waals surface area (Å²) in [6.07, 6.45) is 4.23. The highest BCUT2D eigenvalue weighted by molar-refractivity contribution is 7.89. The lowest BCUT2D eigenvalue weighted by Crippen LogP contribution is -2.05. The summed E-state index contributed by atoms with van der Waals surface area (Å²) < 4.78 is 31.1. The molecule has 0 saturated carbocycles. The molecule has 1 aromatic rings. The zero-order chi connectivity index (χ0) is 18.3. The molecule has 1 aromatic carbocycles. The zero-order valence-electron chi connectivity index (χ0n) is 13.1. The summed E-state index contributed by atoms with van der Waals surface area (Å²) in [6, 6.07) is 6.33. The number of rotatable bonds is 7. The highest BCUT2D eigenvalue weighted by atomic mass is 32.2. The fourth-order valence-corrected chi connectivity index (χ4v) is 2.48. The van der Waals surface area contributed by atoms with Crippen LogP contribution < -0.4 is 0 Å². The van der Waals surface area contributed by atoms with Gasteiger partial charge in [-0.1, -0.05) is 43.9 Å². The van der Waals surface area contributed by atoms with Gasteiger partial charge < -0.3 is 15.3 Å². The Morgan fingerprint density at radius 2 is 1.83 bits per heavy atom. The number of allylic oxidation sites excluding steroid dienone is 2. The Morgan fingerprint density at radius 3 is 2.33 bits per heavy atom. The molecule has 130 valence electrons. The number of phenols is 1. The van der Waals surface area contributed by atoms with Gasteiger partial charge in [-0.05, 0) is 35.8 Å². The molecule has 0 saturated heterocycles. The molecular formula is C17H20O6S. The number of aromatic hydroxyl groups is 1. The van der Waals surface area contributed by atoms with Gasteiger partial charge in [0.15, 0.2) is 0 Å². The largest absolute Gasteiger partial charge is 0.508 e. The molecule has 1 unspecified atom stereocenters. The van der Waals surface area contributed by atoms with Crippen molar-refractivity contribution in [3.8, 4) is 5.75 Å². The lowest BCUT2D eigenvalue weighted by Gasteiger charge is -2.06. The number of aliphatic hydroxyl groups is 2. The Hall–Kier alpha value is -2.35. The molecule has 0 amide bonds. The third-order valence-corrected chi connectivity index (χ3v) is 4.24. The molecule has 0 aliphatic heterocycles. The molecule has 0 aliphatic carbocycles. The lowest BCUT2D eigenvalue weighted by molar-refractivity contribution is 0.264. The van der Waals surface area contributed by atoms with E-state index in [4.69, 9.17) is 4.55 Å². The second kappa shape index (κ2) is 8.49. The van der Waals surface area contributed by atoms with Crippen molar-refractivity contribution < 1.29 is 28.3 Å². The maximum absolute atomic E-state index is 11.1. The van der Waals surface area contributed by atoms with Crippen molar-refractivity contribution >= 4 is 16.2 Å². The van der Waals surface area contributed by atoms with Gasteiger partial charge in [0.2, 0.25) is 0 Å². The summed E-state index contributed by atoms with van der Waals surface area (Å²) in [5.41, 5.74) is 0.966. The summed E-state index contributed by atoms with van der Waals surface area (Å²) in [7, 11) is -4.48. The fraction of sp³-hybridized carbons (Fsp3) is 0.176. The van der Waals surface area contributed by atoms with Gasteiger partial charge >= 0.3 is 0 Å².